The molecular weight excluding hydrogens is 198 g/mol. The molecule has 0 bridgehead atoms. The number of hydrogen-bond donors (Lipinski definition) is 0. The molecule has 1 atom stereocenters. The second-order valence-electron chi connectivity index (χ2n) is 3.03. The van der Waals surface area contributed by atoms with Crippen molar-refractivity contribution in [2.75, 3.05) is 0 Å². The van der Waals surface area contributed by atoms with E-state index in [1.807, 2.05) is 0 Å². The van der Waals surface area contributed by atoms with Crippen molar-refractivity contribution in [1.82, 2.24) is 0 Å². The molecule has 0 aromatic carbocycles. The fraction of sp³-hybridized carbons (Fsp3) is 0.500. The van der Waals surface area contributed by atoms with Gasteiger partial charge in [0.05, 0.1) is 6.10 Å². The molecule has 0 amide bonds. The van der Waals surface area contributed by atoms with Crippen molar-refractivity contribution in [1.29, 1.82) is 5.26 Å². The van der Waals surface area contributed by atoms with Crippen molar-refractivity contribution < 1.29 is 19.1 Å². The highest BCUT2D eigenvalue weighted by Crippen LogP contribution is 1.93. The van der Waals surface area contributed by atoms with Gasteiger partial charge >= 0.3 is 11.9 Å². The molecule has 0 N–H and O–H groups in total. The smallest absolute Gasteiger partial charge is 0.332 e. The molecule has 0 aromatic rings. The summed E-state index contributed by atoms with van der Waals surface area (Å²) in [6.07, 6.45) is 0.824. The van der Waals surface area contributed by atoms with Crippen LogP contribution in [0.5, 0.6) is 0 Å². The first-order valence-electron chi connectivity index (χ1n) is 4.44. The van der Waals surface area contributed by atoms with E-state index in [9.17, 15) is 9.59 Å². The molecule has 0 saturated heterocycles. The summed E-state index contributed by atoms with van der Waals surface area (Å²) in [6.45, 7) is 4.82. The number of ether oxygens (including phenoxy) is 2. The van der Waals surface area contributed by atoms with Crippen LogP contribution >= 0.6 is 0 Å². The summed E-state index contributed by atoms with van der Waals surface area (Å²) in [5.41, 5.74) is 0. The van der Waals surface area contributed by atoms with Gasteiger partial charge < -0.3 is 9.47 Å². The van der Waals surface area contributed by atoms with Crippen LogP contribution < -0.4 is 0 Å². The average molecular weight is 211 g/mol. The lowest BCUT2D eigenvalue weighted by atomic mass is 10.4. The number of carbonyl (C=O) groups is 2. The number of nitrogens with zero attached hydrogens (tertiary/aromatic N) is 1. The Hall–Kier alpha value is -1.83. The first-order chi connectivity index (χ1) is 6.95. The molecule has 0 aliphatic rings. The van der Waals surface area contributed by atoms with E-state index in [2.05, 4.69) is 4.74 Å². The Kier molecular flexibility index (Phi) is 5.79. The Morgan fingerprint density at radius 3 is 2.00 bits per heavy atom. The normalized spacial score (nSPS) is 12.2. The van der Waals surface area contributed by atoms with Crippen LogP contribution in [0, 0.1) is 11.3 Å². The van der Waals surface area contributed by atoms with Crippen LogP contribution in [-0.2, 0) is 19.1 Å². The molecule has 15 heavy (non-hydrogen) atoms. The lowest BCUT2D eigenvalue weighted by Crippen LogP contribution is -2.12. The minimum Gasteiger partial charge on any atom is -0.460 e. The Bertz CT molecular complexity index is 301. The van der Waals surface area contributed by atoms with E-state index in [4.69, 9.17) is 10.00 Å². The van der Waals surface area contributed by atoms with Crippen LogP contribution in [-0.4, -0.2) is 24.1 Å². The summed E-state index contributed by atoms with van der Waals surface area (Å²) in [5.74, 6) is -1.36. The third-order valence-corrected chi connectivity index (χ3v) is 1.18. The first-order valence-corrected chi connectivity index (χ1v) is 4.44. The highest BCUT2D eigenvalue weighted by atomic mass is 16.5. The number of nitriles is 1. The predicted octanol–water partition coefficient (Wildman–Crippen LogP) is 0.949. The van der Waals surface area contributed by atoms with Crippen molar-refractivity contribution >= 4 is 11.9 Å². The monoisotopic (exact) mass is 211 g/mol. The Morgan fingerprint density at radius 2 is 1.60 bits per heavy atom. The fourth-order valence-corrected chi connectivity index (χ4v) is 0.648. The second-order valence-corrected chi connectivity index (χ2v) is 3.03. The van der Waals surface area contributed by atoms with Crippen molar-refractivity contribution in [3.8, 4) is 6.07 Å². The number of esters is 2. The van der Waals surface area contributed by atoms with Gasteiger partial charge in [0, 0.05) is 12.2 Å². The maximum absolute atomic E-state index is 10.9. The standard InChI is InChI=1S/C10H13NO4/c1-7(2)14-9(12)4-5-10(13)15-8(3)6-11/h4-5,7-8H,1-3H3/b5-4+. The second kappa shape index (κ2) is 6.60. The minimum absolute atomic E-state index is 0.240. The van der Waals surface area contributed by atoms with Crippen LogP contribution in [0.1, 0.15) is 20.8 Å². The minimum atomic E-state index is -0.830. The van der Waals surface area contributed by atoms with Crippen molar-refractivity contribution in [3.63, 3.8) is 0 Å². The van der Waals surface area contributed by atoms with Crippen LogP contribution in [0.3, 0.4) is 0 Å². The molecule has 0 rings (SSSR count). The SMILES string of the molecule is CC(C)OC(=O)/C=C/C(=O)OC(C)C#N. The Balaban J connectivity index is 4.02. The predicted molar refractivity (Wildman–Crippen MR) is 51.5 cm³/mol. The van der Waals surface area contributed by atoms with E-state index in [1.165, 1.54) is 6.92 Å². The van der Waals surface area contributed by atoms with Gasteiger partial charge in [-0.3, -0.25) is 0 Å². The summed E-state index contributed by atoms with van der Waals surface area (Å²) >= 11 is 0. The zero-order valence-electron chi connectivity index (χ0n) is 8.89. The van der Waals surface area contributed by atoms with Gasteiger partial charge in [-0.2, -0.15) is 5.26 Å². The van der Waals surface area contributed by atoms with E-state index >= 15 is 0 Å². The first kappa shape index (κ1) is 13.2. The molecule has 0 aromatic heterocycles. The lowest BCUT2D eigenvalue weighted by molar-refractivity contribution is -0.143. The summed E-state index contributed by atoms with van der Waals surface area (Å²) in [6, 6.07) is 1.72. The summed E-state index contributed by atoms with van der Waals surface area (Å²) in [5, 5.41) is 8.34. The van der Waals surface area contributed by atoms with Gasteiger partial charge in [-0.05, 0) is 20.8 Å². The van der Waals surface area contributed by atoms with Gasteiger partial charge in [0.1, 0.15) is 6.07 Å². The molecule has 82 valence electrons. The van der Waals surface area contributed by atoms with Crippen LogP contribution in [0.15, 0.2) is 12.2 Å². The molecule has 0 aliphatic heterocycles. The van der Waals surface area contributed by atoms with Crippen molar-refractivity contribution in [2.45, 2.75) is 33.0 Å². The van der Waals surface area contributed by atoms with Crippen LogP contribution in [0.4, 0.5) is 0 Å². The molecule has 1 unspecified atom stereocenters. The number of carbonyl (C=O) groups excluding carboxylic acids is 2. The summed E-state index contributed by atoms with van der Waals surface area (Å²) in [4.78, 5) is 21.9. The zero-order chi connectivity index (χ0) is 11.8. The molecule has 5 heteroatoms. The molecule has 0 saturated carbocycles. The third-order valence-electron chi connectivity index (χ3n) is 1.18. The molecule has 5 nitrogen and oxygen atoms in total. The molecule has 0 radical (unpaired) electrons. The largest absolute Gasteiger partial charge is 0.460 e. The summed E-state index contributed by atoms with van der Waals surface area (Å²) < 4.78 is 9.29. The number of hydrogen-bond acceptors (Lipinski definition) is 5. The highest BCUT2D eigenvalue weighted by molar-refractivity contribution is 5.91. The third kappa shape index (κ3) is 7.26. The van der Waals surface area contributed by atoms with Gasteiger partial charge in [0.15, 0.2) is 6.10 Å². The van der Waals surface area contributed by atoms with Gasteiger partial charge in [0.2, 0.25) is 0 Å². The van der Waals surface area contributed by atoms with Crippen LogP contribution in [0.25, 0.3) is 0 Å². The Labute approximate surface area is 88.3 Å². The van der Waals surface area contributed by atoms with Gasteiger partial charge in [-0.15, -0.1) is 0 Å². The van der Waals surface area contributed by atoms with Gasteiger partial charge in [-0.25, -0.2) is 9.59 Å². The van der Waals surface area contributed by atoms with Crippen LogP contribution in [0.2, 0.25) is 0 Å². The molecule has 0 heterocycles. The van der Waals surface area contributed by atoms with E-state index in [0.717, 1.165) is 12.2 Å². The highest BCUT2D eigenvalue weighted by Gasteiger charge is 2.06. The van der Waals surface area contributed by atoms with Gasteiger partial charge in [0.25, 0.3) is 0 Å². The number of rotatable bonds is 4. The van der Waals surface area contributed by atoms with Gasteiger partial charge in [-0.1, -0.05) is 0 Å². The zero-order valence-corrected chi connectivity index (χ0v) is 8.89. The molecular formula is C10H13NO4. The Morgan fingerprint density at radius 1 is 1.13 bits per heavy atom. The van der Waals surface area contributed by atoms with E-state index < -0.39 is 18.0 Å². The molecule has 0 fully saturated rings. The van der Waals surface area contributed by atoms with E-state index in [0.29, 0.717) is 0 Å². The maximum Gasteiger partial charge on any atom is 0.332 e. The quantitative estimate of drug-likeness (QED) is 0.511. The summed E-state index contributed by atoms with van der Waals surface area (Å²) in [7, 11) is 0. The van der Waals surface area contributed by atoms with Crippen molar-refractivity contribution in [2.24, 2.45) is 0 Å². The van der Waals surface area contributed by atoms with E-state index in [1.54, 1.807) is 19.9 Å². The van der Waals surface area contributed by atoms with E-state index in [-0.39, 0.29) is 6.10 Å². The topological polar surface area (TPSA) is 76.4 Å². The fourth-order valence-electron chi connectivity index (χ4n) is 0.648. The van der Waals surface area contributed by atoms with Crippen molar-refractivity contribution in [3.05, 3.63) is 12.2 Å². The average Bonchev–Trinajstić information content (AvgIpc) is 2.13. The molecule has 0 aliphatic carbocycles. The lowest BCUT2D eigenvalue weighted by Gasteiger charge is -2.04. The maximum atomic E-state index is 10.9. The molecule has 0 spiro atoms.